The van der Waals surface area contributed by atoms with E-state index in [1.807, 2.05) is 6.07 Å². The summed E-state index contributed by atoms with van der Waals surface area (Å²) in [6.07, 6.45) is -0.242. The molecule has 0 unspecified atom stereocenters. The number of phenolic OH excluding ortho intramolecular Hbond substituents is 1. The first-order valence-electron chi connectivity index (χ1n) is 11.5. The first kappa shape index (κ1) is 21.9. The topological polar surface area (TPSA) is 82.9 Å². The molecule has 1 saturated heterocycles. The first-order chi connectivity index (χ1) is 16.1. The standard InChI is InChI=1S/C24H29N5O3S/c1-3-27(4-2)11-12-29-19-7-6-18(25-9-10-28-13-14-32-24(28)31)23-21(19)22(26-29)17-15-16(30)5-8-20(17)33-23/h5-8,15,25,30H,3-4,9-14H2,1-2H3. The molecule has 2 aliphatic rings. The molecule has 2 aliphatic heterocycles. The number of aromatic hydroxyl groups is 1. The number of amides is 1. The highest BCUT2D eigenvalue weighted by Gasteiger charge is 2.27. The maximum absolute atomic E-state index is 11.7. The second-order valence-electron chi connectivity index (χ2n) is 8.25. The summed E-state index contributed by atoms with van der Waals surface area (Å²) in [5.74, 6) is 0.246. The summed E-state index contributed by atoms with van der Waals surface area (Å²) in [5.41, 5.74) is 4.01. The van der Waals surface area contributed by atoms with Gasteiger partial charge in [-0.3, -0.25) is 4.68 Å². The number of cyclic esters (lactones) is 1. The molecule has 0 bridgehead atoms. The second kappa shape index (κ2) is 9.15. The lowest BCUT2D eigenvalue weighted by molar-refractivity contribution is 0.159. The van der Waals surface area contributed by atoms with Crippen LogP contribution in [0.25, 0.3) is 22.2 Å². The highest BCUT2D eigenvalue weighted by atomic mass is 32.2. The van der Waals surface area contributed by atoms with Crippen molar-refractivity contribution in [2.75, 3.05) is 51.2 Å². The number of fused-ring (bicyclic) bond motifs is 2. The number of rotatable bonds is 9. The van der Waals surface area contributed by atoms with Gasteiger partial charge in [0.25, 0.3) is 0 Å². The molecule has 8 nitrogen and oxygen atoms in total. The number of hydrogen-bond acceptors (Lipinski definition) is 7. The fourth-order valence-electron chi connectivity index (χ4n) is 4.48. The maximum atomic E-state index is 11.7. The van der Waals surface area contributed by atoms with E-state index in [4.69, 9.17) is 9.84 Å². The molecule has 0 radical (unpaired) electrons. The summed E-state index contributed by atoms with van der Waals surface area (Å²) in [4.78, 5) is 18.1. The van der Waals surface area contributed by atoms with Gasteiger partial charge in [0.05, 0.1) is 18.6 Å². The number of aromatic nitrogens is 2. The Morgan fingerprint density at radius 2 is 2.06 bits per heavy atom. The second-order valence-corrected chi connectivity index (χ2v) is 9.30. The quantitative estimate of drug-likeness (QED) is 0.384. The number of benzene rings is 2. The van der Waals surface area contributed by atoms with Crippen molar-refractivity contribution in [2.24, 2.45) is 0 Å². The molecular weight excluding hydrogens is 438 g/mol. The zero-order valence-electron chi connectivity index (χ0n) is 19.0. The summed E-state index contributed by atoms with van der Waals surface area (Å²) in [7, 11) is 0. The monoisotopic (exact) mass is 467 g/mol. The molecule has 0 atom stereocenters. The van der Waals surface area contributed by atoms with Crippen LogP contribution in [0.5, 0.6) is 5.75 Å². The maximum Gasteiger partial charge on any atom is 0.409 e. The molecule has 2 N–H and O–H groups in total. The number of phenols is 1. The van der Waals surface area contributed by atoms with Crippen LogP contribution in [0.2, 0.25) is 0 Å². The van der Waals surface area contributed by atoms with E-state index in [1.165, 1.54) is 0 Å². The summed E-state index contributed by atoms with van der Waals surface area (Å²) in [6.45, 7) is 10.5. The van der Waals surface area contributed by atoms with Gasteiger partial charge in [-0.05, 0) is 43.4 Å². The van der Waals surface area contributed by atoms with Crippen LogP contribution in [-0.4, -0.2) is 76.7 Å². The first-order valence-corrected chi connectivity index (χ1v) is 12.3. The van der Waals surface area contributed by atoms with Gasteiger partial charge in [0.1, 0.15) is 18.1 Å². The minimum atomic E-state index is -0.242. The number of nitrogens with zero attached hydrogens (tertiary/aromatic N) is 4. The van der Waals surface area contributed by atoms with Gasteiger partial charge in [0, 0.05) is 46.1 Å². The smallest absolute Gasteiger partial charge is 0.409 e. The fourth-order valence-corrected chi connectivity index (χ4v) is 5.65. The van der Waals surface area contributed by atoms with Gasteiger partial charge in [-0.15, -0.1) is 0 Å². The van der Waals surface area contributed by atoms with Crippen LogP contribution in [-0.2, 0) is 11.3 Å². The summed E-state index contributed by atoms with van der Waals surface area (Å²) >= 11 is 1.70. The van der Waals surface area contributed by atoms with E-state index in [0.29, 0.717) is 26.2 Å². The zero-order chi connectivity index (χ0) is 22.9. The van der Waals surface area contributed by atoms with Crippen LogP contribution in [0.1, 0.15) is 13.8 Å². The highest BCUT2D eigenvalue weighted by Crippen LogP contribution is 2.51. The molecule has 3 heterocycles. The molecule has 0 saturated carbocycles. The number of ether oxygens (including phenoxy) is 1. The van der Waals surface area contributed by atoms with Crippen LogP contribution in [0, 0.1) is 0 Å². The van der Waals surface area contributed by atoms with Crippen LogP contribution in [0.4, 0.5) is 10.5 Å². The van der Waals surface area contributed by atoms with E-state index in [0.717, 1.165) is 63.8 Å². The van der Waals surface area contributed by atoms with Crippen LogP contribution >= 0.6 is 11.8 Å². The van der Waals surface area contributed by atoms with Crippen molar-refractivity contribution in [3.8, 4) is 17.0 Å². The molecule has 0 aliphatic carbocycles. The van der Waals surface area contributed by atoms with Crippen molar-refractivity contribution < 1.29 is 14.6 Å². The Bertz CT molecular complexity index is 1190. The molecule has 9 heteroatoms. The SMILES string of the molecule is CCN(CC)CCn1nc2c3c(c(NCCN4CCOC4=O)ccc31)Sc1ccc(O)cc1-2. The number of likely N-dealkylation sites (N-methyl/N-ethyl adjacent to an activating group) is 1. The molecular formula is C24H29N5O3S. The Balaban J connectivity index is 1.49. The molecule has 5 rings (SSSR count). The number of anilines is 1. The predicted molar refractivity (Wildman–Crippen MR) is 130 cm³/mol. The van der Waals surface area contributed by atoms with Crippen molar-refractivity contribution in [3.05, 3.63) is 30.3 Å². The third-order valence-corrected chi connectivity index (χ3v) is 7.57. The highest BCUT2D eigenvalue weighted by molar-refractivity contribution is 8.00. The van der Waals surface area contributed by atoms with E-state index in [9.17, 15) is 9.90 Å². The number of carbonyl (C=O) groups excluding carboxylic acids is 1. The zero-order valence-corrected chi connectivity index (χ0v) is 19.8. The van der Waals surface area contributed by atoms with E-state index < -0.39 is 0 Å². The van der Waals surface area contributed by atoms with Crippen molar-refractivity contribution in [2.45, 2.75) is 30.2 Å². The number of carbonyl (C=O) groups is 1. The van der Waals surface area contributed by atoms with Gasteiger partial charge < -0.3 is 25.0 Å². The lowest BCUT2D eigenvalue weighted by Crippen LogP contribution is -2.29. The lowest BCUT2D eigenvalue weighted by Gasteiger charge is -2.20. The molecule has 33 heavy (non-hydrogen) atoms. The van der Waals surface area contributed by atoms with Crippen molar-refractivity contribution in [3.63, 3.8) is 0 Å². The molecule has 1 fully saturated rings. The summed E-state index contributed by atoms with van der Waals surface area (Å²) in [5, 5.41) is 19.8. The Morgan fingerprint density at radius 1 is 1.21 bits per heavy atom. The van der Waals surface area contributed by atoms with Crippen molar-refractivity contribution in [1.29, 1.82) is 0 Å². The van der Waals surface area contributed by atoms with E-state index in [-0.39, 0.29) is 11.8 Å². The molecule has 3 aromatic rings. The lowest BCUT2D eigenvalue weighted by atomic mass is 10.1. The summed E-state index contributed by atoms with van der Waals surface area (Å²) < 4.78 is 7.12. The van der Waals surface area contributed by atoms with Gasteiger partial charge in [0.2, 0.25) is 0 Å². The minimum Gasteiger partial charge on any atom is -0.508 e. The van der Waals surface area contributed by atoms with E-state index in [1.54, 1.807) is 28.8 Å². The van der Waals surface area contributed by atoms with Gasteiger partial charge in [-0.2, -0.15) is 5.10 Å². The number of nitrogens with one attached hydrogen (secondary N) is 1. The molecule has 2 aromatic carbocycles. The molecule has 1 aromatic heterocycles. The summed E-state index contributed by atoms with van der Waals surface area (Å²) in [6, 6.07) is 9.72. The Labute approximate surface area is 197 Å². The van der Waals surface area contributed by atoms with Crippen LogP contribution in [0.3, 0.4) is 0 Å². The largest absolute Gasteiger partial charge is 0.508 e. The Morgan fingerprint density at radius 3 is 2.82 bits per heavy atom. The van der Waals surface area contributed by atoms with Crippen LogP contribution in [0.15, 0.2) is 40.1 Å². The fraction of sp³-hybridized carbons (Fsp3) is 0.417. The Kier molecular flexibility index (Phi) is 6.07. The average Bonchev–Trinajstić information content (AvgIpc) is 3.40. The third-order valence-electron chi connectivity index (χ3n) is 6.37. The van der Waals surface area contributed by atoms with Crippen molar-refractivity contribution in [1.82, 2.24) is 19.6 Å². The van der Waals surface area contributed by atoms with Gasteiger partial charge in [-0.25, -0.2) is 4.79 Å². The Hall–Kier alpha value is -2.91. The van der Waals surface area contributed by atoms with Gasteiger partial charge in [-0.1, -0.05) is 25.6 Å². The number of hydrogen-bond donors (Lipinski definition) is 2. The molecule has 174 valence electrons. The third kappa shape index (κ3) is 4.11. The molecule has 0 spiro atoms. The van der Waals surface area contributed by atoms with E-state index >= 15 is 0 Å². The van der Waals surface area contributed by atoms with Gasteiger partial charge >= 0.3 is 6.09 Å². The van der Waals surface area contributed by atoms with Crippen LogP contribution < -0.4 is 5.32 Å². The van der Waals surface area contributed by atoms with Gasteiger partial charge in [0.15, 0.2) is 0 Å². The van der Waals surface area contributed by atoms with Crippen molar-refractivity contribution >= 4 is 34.4 Å². The predicted octanol–water partition coefficient (Wildman–Crippen LogP) is 4.08. The minimum absolute atomic E-state index is 0.242. The van der Waals surface area contributed by atoms with E-state index in [2.05, 4.69) is 40.9 Å². The molecule has 1 amide bonds. The normalized spacial score (nSPS) is 14.8. The average molecular weight is 468 g/mol.